The Morgan fingerprint density at radius 3 is 2.55 bits per heavy atom. The molecule has 0 bridgehead atoms. The number of aryl methyl sites for hydroxylation is 1. The summed E-state index contributed by atoms with van der Waals surface area (Å²) in [6.07, 6.45) is 7.84. The maximum Gasteiger partial charge on any atom is 0.222 e. The maximum absolute atomic E-state index is 11.9. The van der Waals surface area contributed by atoms with Gasteiger partial charge in [0, 0.05) is 39.2 Å². The van der Waals surface area contributed by atoms with Crippen LogP contribution in [0, 0.1) is 5.92 Å². The number of carbonyl (C=O) groups is 1. The van der Waals surface area contributed by atoms with E-state index in [1.807, 2.05) is 13.0 Å². The van der Waals surface area contributed by atoms with Crippen LogP contribution in [0.5, 0.6) is 11.5 Å². The molecule has 0 spiro atoms. The molecule has 6 nitrogen and oxygen atoms in total. The fourth-order valence-corrected chi connectivity index (χ4v) is 3.10. The molecule has 1 aromatic rings. The summed E-state index contributed by atoms with van der Waals surface area (Å²) < 4.78 is 16.3. The minimum absolute atomic E-state index is 0.0353. The highest BCUT2D eigenvalue weighted by Crippen LogP contribution is 2.29. The standard InChI is InChI=1S/C23H39NO5/c1-19(23(26)24-14-8-15-25)10-6-4-5-7-11-20-12-13-21(28-3)22(18-20)29-17-9-16-27-2/h12-13,18-19,25H,4-11,14-17H2,1-3H3,(H,24,26)/t19-/m1/s1. The smallest absolute Gasteiger partial charge is 0.222 e. The summed E-state index contributed by atoms with van der Waals surface area (Å²) in [5.74, 6) is 1.68. The molecule has 2 N–H and O–H groups in total. The highest BCUT2D eigenvalue weighted by molar-refractivity contribution is 5.78. The van der Waals surface area contributed by atoms with Crippen LogP contribution in [0.4, 0.5) is 0 Å². The van der Waals surface area contributed by atoms with Crippen molar-refractivity contribution in [2.24, 2.45) is 5.92 Å². The second kappa shape index (κ2) is 16.1. The first-order valence-corrected chi connectivity index (χ1v) is 10.8. The summed E-state index contributed by atoms with van der Waals surface area (Å²) in [7, 11) is 3.35. The number of benzene rings is 1. The molecule has 1 aromatic carbocycles. The average Bonchev–Trinajstić information content (AvgIpc) is 2.73. The Balaban J connectivity index is 2.25. The third-order valence-corrected chi connectivity index (χ3v) is 4.91. The van der Waals surface area contributed by atoms with Crippen LogP contribution in [0.25, 0.3) is 0 Å². The number of carbonyl (C=O) groups excluding carboxylic acids is 1. The molecule has 1 amide bonds. The molecule has 0 aromatic heterocycles. The number of methoxy groups -OCH3 is 2. The van der Waals surface area contributed by atoms with E-state index in [0.29, 0.717) is 26.2 Å². The minimum Gasteiger partial charge on any atom is -0.493 e. The summed E-state index contributed by atoms with van der Waals surface area (Å²) in [4.78, 5) is 11.9. The van der Waals surface area contributed by atoms with E-state index in [1.165, 1.54) is 5.56 Å². The molecule has 6 heteroatoms. The molecular weight excluding hydrogens is 370 g/mol. The van der Waals surface area contributed by atoms with Gasteiger partial charge in [0.15, 0.2) is 11.5 Å². The molecular formula is C23H39NO5. The van der Waals surface area contributed by atoms with Crippen LogP contribution in [0.15, 0.2) is 18.2 Å². The minimum atomic E-state index is 0.0353. The number of rotatable bonds is 17. The number of hydrogen-bond donors (Lipinski definition) is 2. The van der Waals surface area contributed by atoms with E-state index in [4.69, 9.17) is 19.3 Å². The van der Waals surface area contributed by atoms with Crippen molar-refractivity contribution in [2.45, 2.75) is 58.3 Å². The molecule has 0 aliphatic heterocycles. The van der Waals surface area contributed by atoms with Crippen molar-refractivity contribution in [3.05, 3.63) is 23.8 Å². The van der Waals surface area contributed by atoms with Gasteiger partial charge >= 0.3 is 0 Å². The predicted molar refractivity (Wildman–Crippen MR) is 116 cm³/mol. The SMILES string of the molecule is COCCCOc1cc(CCCCCC[C@@H](C)C(=O)NCCCO)ccc1OC. The van der Waals surface area contributed by atoms with Crippen molar-refractivity contribution < 1.29 is 24.1 Å². The number of ether oxygens (including phenoxy) is 3. The lowest BCUT2D eigenvalue weighted by molar-refractivity contribution is -0.124. The van der Waals surface area contributed by atoms with Crippen LogP contribution < -0.4 is 14.8 Å². The number of amides is 1. The molecule has 166 valence electrons. The zero-order valence-corrected chi connectivity index (χ0v) is 18.4. The highest BCUT2D eigenvalue weighted by Gasteiger charge is 2.11. The number of aliphatic hydroxyl groups is 1. The van der Waals surface area contributed by atoms with Crippen molar-refractivity contribution in [3.8, 4) is 11.5 Å². The van der Waals surface area contributed by atoms with Gasteiger partial charge in [-0.2, -0.15) is 0 Å². The Morgan fingerprint density at radius 2 is 1.83 bits per heavy atom. The summed E-state index contributed by atoms with van der Waals surface area (Å²) in [6.45, 7) is 3.94. The molecule has 1 rings (SSSR count). The molecule has 0 saturated heterocycles. The van der Waals surface area contributed by atoms with Crippen molar-refractivity contribution in [1.29, 1.82) is 0 Å². The molecule has 29 heavy (non-hydrogen) atoms. The Hall–Kier alpha value is -1.79. The molecule has 0 radical (unpaired) electrons. The third-order valence-electron chi connectivity index (χ3n) is 4.91. The van der Waals surface area contributed by atoms with Gasteiger partial charge in [-0.25, -0.2) is 0 Å². The van der Waals surface area contributed by atoms with Crippen LogP contribution in [0.1, 0.15) is 57.4 Å². The zero-order chi connectivity index (χ0) is 21.3. The van der Waals surface area contributed by atoms with E-state index >= 15 is 0 Å². The number of nitrogens with one attached hydrogen (secondary N) is 1. The first-order chi connectivity index (χ1) is 14.1. The van der Waals surface area contributed by atoms with E-state index in [2.05, 4.69) is 17.4 Å². The second-order valence-corrected chi connectivity index (χ2v) is 7.40. The van der Waals surface area contributed by atoms with Crippen molar-refractivity contribution >= 4 is 5.91 Å². The topological polar surface area (TPSA) is 77.0 Å². The molecule has 0 aliphatic carbocycles. The highest BCUT2D eigenvalue weighted by atomic mass is 16.5. The first-order valence-electron chi connectivity index (χ1n) is 10.8. The lowest BCUT2D eigenvalue weighted by atomic mass is 10.00. The largest absolute Gasteiger partial charge is 0.493 e. The van der Waals surface area contributed by atoms with Crippen LogP contribution in [-0.2, 0) is 16.0 Å². The summed E-state index contributed by atoms with van der Waals surface area (Å²) in [6, 6.07) is 6.14. The van der Waals surface area contributed by atoms with Crippen LogP contribution in [-0.4, -0.2) is 51.6 Å². The van der Waals surface area contributed by atoms with E-state index in [1.54, 1.807) is 14.2 Å². The predicted octanol–water partition coefficient (Wildman–Crippen LogP) is 3.74. The van der Waals surface area contributed by atoms with Gasteiger partial charge in [-0.15, -0.1) is 0 Å². The van der Waals surface area contributed by atoms with E-state index in [9.17, 15) is 4.79 Å². The lowest BCUT2D eigenvalue weighted by Crippen LogP contribution is -2.30. The number of hydrogen-bond acceptors (Lipinski definition) is 5. The number of unbranched alkanes of at least 4 members (excludes halogenated alkanes) is 3. The van der Waals surface area contributed by atoms with Crippen molar-refractivity contribution in [3.63, 3.8) is 0 Å². The fourth-order valence-electron chi connectivity index (χ4n) is 3.10. The van der Waals surface area contributed by atoms with Gasteiger partial charge in [-0.3, -0.25) is 4.79 Å². The van der Waals surface area contributed by atoms with Gasteiger partial charge in [-0.1, -0.05) is 32.3 Å². The average molecular weight is 410 g/mol. The number of aliphatic hydroxyl groups excluding tert-OH is 1. The summed E-state index contributed by atoms with van der Waals surface area (Å²) in [5.41, 5.74) is 1.25. The molecule has 0 saturated carbocycles. The van der Waals surface area contributed by atoms with Gasteiger partial charge in [-0.05, 0) is 43.4 Å². The maximum atomic E-state index is 11.9. The van der Waals surface area contributed by atoms with E-state index in [-0.39, 0.29) is 18.4 Å². The summed E-state index contributed by atoms with van der Waals surface area (Å²) in [5, 5.41) is 11.6. The monoisotopic (exact) mass is 409 g/mol. The second-order valence-electron chi connectivity index (χ2n) is 7.40. The Morgan fingerprint density at radius 1 is 1.03 bits per heavy atom. The van der Waals surface area contributed by atoms with E-state index in [0.717, 1.165) is 56.4 Å². The molecule has 0 unspecified atom stereocenters. The quantitative estimate of drug-likeness (QED) is 0.383. The van der Waals surface area contributed by atoms with Crippen LogP contribution in [0.2, 0.25) is 0 Å². The molecule has 0 heterocycles. The molecule has 1 atom stereocenters. The fraction of sp³-hybridized carbons (Fsp3) is 0.696. The molecule has 0 aliphatic rings. The van der Waals surface area contributed by atoms with Gasteiger partial charge in [0.1, 0.15) is 0 Å². The van der Waals surface area contributed by atoms with Crippen LogP contribution >= 0.6 is 0 Å². The normalized spacial score (nSPS) is 11.9. The Kier molecular flexibility index (Phi) is 14.0. The van der Waals surface area contributed by atoms with Crippen molar-refractivity contribution in [1.82, 2.24) is 5.32 Å². The molecule has 0 fully saturated rings. The Labute approximate surface area is 175 Å². The van der Waals surface area contributed by atoms with Crippen molar-refractivity contribution in [2.75, 3.05) is 40.6 Å². The Bertz CT molecular complexity index is 564. The zero-order valence-electron chi connectivity index (χ0n) is 18.4. The summed E-state index contributed by atoms with van der Waals surface area (Å²) >= 11 is 0. The van der Waals surface area contributed by atoms with Gasteiger partial charge in [0.2, 0.25) is 5.91 Å². The van der Waals surface area contributed by atoms with Gasteiger partial charge in [0.05, 0.1) is 13.7 Å². The van der Waals surface area contributed by atoms with Crippen LogP contribution in [0.3, 0.4) is 0 Å². The third kappa shape index (κ3) is 11.1. The van der Waals surface area contributed by atoms with E-state index < -0.39 is 0 Å². The lowest BCUT2D eigenvalue weighted by Gasteiger charge is -2.13. The van der Waals surface area contributed by atoms with Gasteiger partial charge < -0.3 is 24.6 Å². The van der Waals surface area contributed by atoms with Gasteiger partial charge in [0.25, 0.3) is 0 Å². The first kappa shape index (κ1) is 25.2.